The van der Waals surface area contributed by atoms with Crippen molar-refractivity contribution in [1.29, 1.82) is 0 Å². The summed E-state index contributed by atoms with van der Waals surface area (Å²) < 4.78 is 23.1. The average molecular weight is 338 g/mol. The van der Waals surface area contributed by atoms with Gasteiger partial charge in [0, 0.05) is 12.3 Å². The van der Waals surface area contributed by atoms with Crippen molar-refractivity contribution in [3.8, 4) is 0 Å². The molecule has 114 valence electrons. The first-order valence-electron chi connectivity index (χ1n) is 6.47. The lowest BCUT2D eigenvalue weighted by atomic mass is 9.95. The monoisotopic (exact) mass is 337 g/mol. The van der Waals surface area contributed by atoms with Crippen LogP contribution in [0.3, 0.4) is 0 Å². The second-order valence-corrected chi connectivity index (χ2v) is 8.78. The Labute approximate surface area is 131 Å². The number of nitrogens with one attached hydrogen (secondary N) is 1. The Hall–Kier alpha value is -0.290. The molecular formula is C14H21Cl2NO2S. The van der Waals surface area contributed by atoms with Crippen LogP contribution in [0.5, 0.6) is 0 Å². The molecule has 0 saturated heterocycles. The molecule has 1 unspecified atom stereocenters. The Morgan fingerprint density at radius 3 is 2.40 bits per heavy atom. The van der Waals surface area contributed by atoms with Crippen LogP contribution in [0.4, 0.5) is 0 Å². The molecule has 1 rings (SSSR count). The second kappa shape index (κ2) is 6.65. The third kappa shape index (κ3) is 3.88. The summed E-state index contributed by atoms with van der Waals surface area (Å²) in [6.07, 6.45) is 1.77. The fourth-order valence-electron chi connectivity index (χ4n) is 1.99. The van der Waals surface area contributed by atoms with Gasteiger partial charge in [-0.05, 0) is 38.4 Å². The highest BCUT2D eigenvalue weighted by molar-refractivity contribution is 7.92. The highest BCUT2D eigenvalue weighted by Crippen LogP contribution is 2.29. The van der Waals surface area contributed by atoms with Gasteiger partial charge >= 0.3 is 0 Å². The fraction of sp³-hybridized carbons (Fsp3) is 0.571. The van der Waals surface area contributed by atoms with E-state index < -0.39 is 14.6 Å². The van der Waals surface area contributed by atoms with Crippen molar-refractivity contribution in [1.82, 2.24) is 5.32 Å². The Balaban J connectivity index is 3.14. The van der Waals surface area contributed by atoms with E-state index in [2.05, 4.69) is 5.32 Å². The smallest absolute Gasteiger partial charge is 0.154 e. The Morgan fingerprint density at radius 1 is 1.30 bits per heavy atom. The lowest BCUT2D eigenvalue weighted by Gasteiger charge is -2.33. The number of likely N-dealkylation sites (N-methyl/N-ethyl adjacent to an activating group) is 1. The molecule has 3 nitrogen and oxygen atoms in total. The molecule has 1 aromatic carbocycles. The van der Waals surface area contributed by atoms with Gasteiger partial charge in [-0.1, -0.05) is 42.3 Å². The highest BCUT2D eigenvalue weighted by atomic mass is 35.5. The summed E-state index contributed by atoms with van der Waals surface area (Å²) in [6.45, 7) is 6.09. The number of halogens is 2. The zero-order chi connectivity index (χ0) is 15.6. The minimum Gasteiger partial charge on any atom is -0.312 e. The van der Waals surface area contributed by atoms with E-state index in [9.17, 15) is 8.42 Å². The van der Waals surface area contributed by atoms with E-state index in [1.165, 1.54) is 6.26 Å². The molecule has 0 aliphatic carbocycles. The van der Waals surface area contributed by atoms with Gasteiger partial charge in [0.05, 0.1) is 14.8 Å². The Kier molecular flexibility index (Phi) is 5.90. The molecule has 1 atom stereocenters. The molecular weight excluding hydrogens is 317 g/mol. The zero-order valence-electron chi connectivity index (χ0n) is 12.2. The van der Waals surface area contributed by atoms with E-state index in [4.69, 9.17) is 23.2 Å². The molecule has 0 bridgehead atoms. The molecule has 0 aliphatic heterocycles. The van der Waals surface area contributed by atoms with Crippen molar-refractivity contribution >= 4 is 33.0 Å². The minimum absolute atomic E-state index is 0.238. The highest BCUT2D eigenvalue weighted by Gasteiger charge is 2.38. The molecule has 1 aromatic rings. The molecule has 1 N–H and O–H groups in total. The molecule has 0 radical (unpaired) electrons. The van der Waals surface area contributed by atoms with Gasteiger partial charge in [-0.2, -0.15) is 0 Å². The molecule has 0 saturated carbocycles. The number of hydrogen-bond donors (Lipinski definition) is 1. The van der Waals surface area contributed by atoms with E-state index in [-0.39, 0.29) is 6.04 Å². The second-order valence-electron chi connectivity index (χ2n) is 5.40. The quantitative estimate of drug-likeness (QED) is 0.865. The van der Waals surface area contributed by atoms with E-state index in [0.717, 1.165) is 5.56 Å². The molecule has 0 heterocycles. The lowest BCUT2D eigenvalue weighted by Crippen LogP contribution is -2.52. The van der Waals surface area contributed by atoms with E-state index >= 15 is 0 Å². The van der Waals surface area contributed by atoms with Crippen LogP contribution in [0.15, 0.2) is 18.2 Å². The maximum absolute atomic E-state index is 12.0. The minimum atomic E-state index is -3.21. The summed E-state index contributed by atoms with van der Waals surface area (Å²) in [5.74, 6) is 0. The van der Waals surface area contributed by atoms with Gasteiger partial charge in [-0.25, -0.2) is 8.42 Å². The van der Waals surface area contributed by atoms with Crippen LogP contribution in [-0.4, -0.2) is 32.0 Å². The summed E-state index contributed by atoms with van der Waals surface area (Å²) >= 11 is 12.2. The van der Waals surface area contributed by atoms with Crippen LogP contribution >= 0.6 is 23.2 Å². The molecule has 0 aliphatic rings. The van der Waals surface area contributed by atoms with Crippen molar-refractivity contribution in [3.05, 3.63) is 33.8 Å². The van der Waals surface area contributed by atoms with Gasteiger partial charge in [0.1, 0.15) is 0 Å². The van der Waals surface area contributed by atoms with E-state index in [1.807, 2.05) is 19.1 Å². The predicted octanol–water partition coefficient (Wildman–Crippen LogP) is 3.34. The molecule has 20 heavy (non-hydrogen) atoms. The third-order valence-corrected chi connectivity index (χ3v) is 6.75. The predicted molar refractivity (Wildman–Crippen MR) is 86.6 cm³/mol. The first kappa shape index (κ1) is 17.8. The summed E-state index contributed by atoms with van der Waals surface area (Å²) in [6, 6.07) is 5.17. The fourth-order valence-corrected chi connectivity index (χ4v) is 3.08. The number of benzene rings is 1. The van der Waals surface area contributed by atoms with Crippen molar-refractivity contribution < 1.29 is 8.42 Å². The molecule has 6 heteroatoms. The molecule has 0 amide bonds. The summed E-state index contributed by atoms with van der Waals surface area (Å²) in [7, 11) is -3.21. The van der Waals surface area contributed by atoms with Crippen molar-refractivity contribution in [3.63, 3.8) is 0 Å². The number of sulfone groups is 1. The standard InChI is InChI=1S/C14H21Cl2NO2S/c1-5-17-12(14(2,3)20(4,18)19)9-10-7-6-8-11(15)13(10)16/h6-8,12,17H,5,9H2,1-4H3. The maximum atomic E-state index is 12.0. The maximum Gasteiger partial charge on any atom is 0.154 e. The topological polar surface area (TPSA) is 46.2 Å². The van der Waals surface area contributed by atoms with Crippen LogP contribution in [0.25, 0.3) is 0 Å². The average Bonchev–Trinajstić information content (AvgIpc) is 2.32. The SMILES string of the molecule is CCNC(Cc1cccc(Cl)c1Cl)C(C)(C)S(C)(=O)=O. The van der Waals surface area contributed by atoms with Crippen molar-refractivity contribution in [2.45, 2.75) is 38.0 Å². The van der Waals surface area contributed by atoms with Gasteiger partial charge in [0.15, 0.2) is 9.84 Å². The van der Waals surface area contributed by atoms with Gasteiger partial charge in [-0.15, -0.1) is 0 Å². The summed E-state index contributed by atoms with van der Waals surface area (Å²) in [5, 5.41) is 4.21. The molecule has 0 spiro atoms. The largest absolute Gasteiger partial charge is 0.312 e. The Bertz CT molecular complexity index is 571. The zero-order valence-corrected chi connectivity index (χ0v) is 14.5. The van der Waals surface area contributed by atoms with Gasteiger partial charge in [0.25, 0.3) is 0 Å². The van der Waals surface area contributed by atoms with Crippen LogP contribution in [0.1, 0.15) is 26.3 Å². The first-order chi connectivity index (χ1) is 9.11. The van der Waals surface area contributed by atoms with Gasteiger partial charge in [-0.3, -0.25) is 0 Å². The summed E-state index contributed by atoms with van der Waals surface area (Å²) in [4.78, 5) is 0. The Morgan fingerprint density at radius 2 is 1.90 bits per heavy atom. The van der Waals surface area contributed by atoms with Gasteiger partial charge in [0.2, 0.25) is 0 Å². The van der Waals surface area contributed by atoms with Crippen LogP contribution < -0.4 is 5.32 Å². The summed E-state index contributed by atoms with van der Waals surface area (Å²) in [5.41, 5.74) is 0.849. The number of hydrogen-bond acceptors (Lipinski definition) is 3. The van der Waals surface area contributed by atoms with E-state index in [1.54, 1.807) is 19.9 Å². The third-order valence-electron chi connectivity index (χ3n) is 3.70. The normalized spacial score (nSPS) is 14.3. The van der Waals surface area contributed by atoms with Crippen LogP contribution in [0.2, 0.25) is 10.0 Å². The lowest BCUT2D eigenvalue weighted by molar-refractivity contribution is 0.413. The van der Waals surface area contributed by atoms with Gasteiger partial charge < -0.3 is 5.32 Å². The van der Waals surface area contributed by atoms with Crippen molar-refractivity contribution in [2.75, 3.05) is 12.8 Å². The van der Waals surface area contributed by atoms with Crippen LogP contribution in [-0.2, 0) is 16.3 Å². The van der Waals surface area contributed by atoms with E-state index in [0.29, 0.717) is 23.0 Å². The number of rotatable bonds is 6. The first-order valence-corrected chi connectivity index (χ1v) is 9.11. The molecule has 0 fully saturated rings. The van der Waals surface area contributed by atoms with Crippen molar-refractivity contribution in [2.24, 2.45) is 0 Å². The molecule has 0 aromatic heterocycles. The van der Waals surface area contributed by atoms with Crippen LogP contribution in [0, 0.1) is 0 Å².